The standard InChI is InChI=1S/C20H17BrN2O4S/c1-27-17-10-8-16(9-11-17)23-28(25,26)19-13-14(7-12-18(19)21)20(24)22-15-5-3-2-4-6-15/h2-13,23H,1H3,(H,22,24). The van der Waals surface area contributed by atoms with Crippen molar-refractivity contribution in [2.45, 2.75) is 4.90 Å². The molecule has 0 aliphatic heterocycles. The van der Waals surface area contributed by atoms with Crippen molar-refractivity contribution in [3.63, 3.8) is 0 Å². The van der Waals surface area contributed by atoms with Crippen LogP contribution in [0, 0.1) is 0 Å². The first-order valence-electron chi connectivity index (χ1n) is 8.22. The summed E-state index contributed by atoms with van der Waals surface area (Å²) in [6, 6.07) is 19.8. The first-order chi connectivity index (χ1) is 13.4. The number of ether oxygens (including phenoxy) is 1. The molecule has 0 spiro atoms. The molecule has 0 radical (unpaired) electrons. The maximum Gasteiger partial charge on any atom is 0.263 e. The number of nitrogens with one attached hydrogen (secondary N) is 2. The topological polar surface area (TPSA) is 84.5 Å². The Bertz CT molecular complexity index is 1080. The Kier molecular flexibility index (Phi) is 6.01. The maximum absolute atomic E-state index is 12.8. The second-order valence-electron chi connectivity index (χ2n) is 5.80. The van der Waals surface area contributed by atoms with E-state index in [9.17, 15) is 13.2 Å². The van der Waals surface area contributed by atoms with Gasteiger partial charge >= 0.3 is 0 Å². The number of carbonyl (C=O) groups excluding carboxylic acids is 1. The Morgan fingerprint density at radius 1 is 0.929 bits per heavy atom. The highest BCUT2D eigenvalue weighted by atomic mass is 79.9. The van der Waals surface area contributed by atoms with E-state index in [4.69, 9.17) is 4.74 Å². The van der Waals surface area contributed by atoms with Crippen LogP contribution >= 0.6 is 15.9 Å². The number of benzene rings is 3. The van der Waals surface area contributed by atoms with Crippen molar-refractivity contribution in [1.82, 2.24) is 0 Å². The van der Waals surface area contributed by atoms with Crippen LogP contribution in [0.25, 0.3) is 0 Å². The largest absolute Gasteiger partial charge is 0.497 e. The number of amides is 1. The first kappa shape index (κ1) is 19.9. The Labute approximate surface area is 171 Å². The van der Waals surface area contributed by atoms with E-state index in [-0.39, 0.29) is 10.5 Å². The van der Waals surface area contributed by atoms with Crippen molar-refractivity contribution in [1.29, 1.82) is 0 Å². The molecule has 0 unspecified atom stereocenters. The highest BCUT2D eigenvalue weighted by Gasteiger charge is 2.20. The molecule has 2 N–H and O–H groups in total. The van der Waals surface area contributed by atoms with Crippen molar-refractivity contribution in [3.8, 4) is 5.75 Å². The van der Waals surface area contributed by atoms with Gasteiger partial charge in [0.2, 0.25) is 0 Å². The molecule has 0 atom stereocenters. The predicted octanol–water partition coefficient (Wildman–Crippen LogP) is 4.51. The van der Waals surface area contributed by atoms with Crippen LogP contribution in [-0.2, 0) is 10.0 Å². The number of rotatable bonds is 6. The number of methoxy groups -OCH3 is 1. The molecule has 8 heteroatoms. The quantitative estimate of drug-likeness (QED) is 0.566. The Hall–Kier alpha value is -2.84. The second-order valence-corrected chi connectivity index (χ2v) is 8.30. The molecule has 0 saturated heterocycles. The van der Waals surface area contributed by atoms with Crippen LogP contribution in [0.5, 0.6) is 5.75 Å². The lowest BCUT2D eigenvalue weighted by molar-refractivity contribution is 0.102. The normalized spacial score (nSPS) is 10.9. The van der Waals surface area contributed by atoms with Gasteiger partial charge in [0.15, 0.2) is 0 Å². The summed E-state index contributed by atoms with van der Waals surface area (Å²) in [5.74, 6) is 0.211. The van der Waals surface area contributed by atoms with Gasteiger partial charge < -0.3 is 10.1 Å². The van der Waals surface area contributed by atoms with Gasteiger partial charge in [0.05, 0.1) is 7.11 Å². The number of halogens is 1. The summed E-state index contributed by atoms with van der Waals surface area (Å²) in [6.07, 6.45) is 0. The molecule has 0 bridgehead atoms. The second kappa shape index (κ2) is 8.45. The van der Waals surface area contributed by atoms with E-state index >= 15 is 0 Å². The summed E-state index contributed by atoms with van der Waals surface area (Å²) >= 11 is 3.25. The van der Waals surface area contributed by atoms with E-state index in [0.717, 1.165) is 0 Å². The molecule has 0 aliphatic rings. The summed E-state index contributed by atoms with van der Waals surface area (Å²) in [7, 11) is -2.38. The van der Waals surface area contributed by atoms with E-state index < -0.39 is 15.9 Å². The molecule has 28 heavy (non-hydrogen) atoms. The molecule has 144 valence electrons. The predicted molar refractivity (Wildman–Crippen MR) is 112 cm³/mol. The van der Waals surface area contributed by atoms with Crippen LogP contribution in [0.15, 0.2) is 82.2 Å². The SMILES string of the molecule is COc1ccc(NS(=O)(=O)c2cc(C(=O)Nc3ccccc3)ccc2Br)cc1. The van der Waals surface area contributed by atoms with Gasteiger partial charge in [-0.15, -0.1) is 0 Å². The number of para-hydroxylation sites is 1. The number of carbonyl (C=O) groups is 1. The minimum absolute atomic E-state index is 0.0379. The molecule has 3 rings (SSSR count). The van der Waals surface area contributed by atoms with Gasteiger partial charge in [-0.2, -0.15) is 0 Å². The zero-order chi connectivity index (χ0) is 20.1. The summed E-state index contributed by atoms with van der Waals surface area (Å²) in [6.45, 7) is 0. The van der Waals surface area contributed by atoms with Crippen LogP contribution < -0.4 is 14.8 Å². The number of sulfonamides is 1. The lowest BCUT2D eigenvalue weighted by Crippen LogP contribution is -2.16. The Morgan fingerprint density at radius 2 is 1.61 bits per heavy atom. The minimum Gasteiger partial charge on any atom is -0.497 e. The average Bonchev–Trinajstić information content (AvgIpc) is 2.69. The van der Waals surface area contributed by atoms with Crippen LogP contribution in [0.4, 0.5) is 11.4 Å². The smallest absolute Gasteiger partial charge is 0.263 e. The molecule has 0 aromatic heterocycles. The summed E-state index contributed by atoms with van der Waals surface area (Å²) in [5, 5.41) is 2.74. The number of hydrogen-bond acceptors (Lipinski definition) is 4. The number of anilines is 2. The average molecular weight is 461 g/mol. The lowest BCUT2D eigenvalue weighted by atomic mass is 10.2. The monoisotopic (exact) mass is 460 g/mol. The van der Waals surface area contributed by atoms with E-state index in [2.05, 4.69) is 26.0 Å². The highest BCUT2D eigenvalue weighted by molar-refractivity contribution is 9.10. The van der Waals surface area contributed by atoms with Gasteiger partial charge in [-0.05, 0) is 70.5 Å². The van der Waals surface area contributed by atoms with Gasteiger partial charge in [0.25, 0.3) is 15.9 Å². The third-order valence-corrected chi connectivity index (χ3v) is 6.23. The van der Waals surface area contributed by atoms with Gasteiger partial charge in [-0.1, -0.05) is 18.2 Å². The van der Waals surface area contributed by atoms with Crippen molar-refractivity contribution in [3.05, 3.63) is 82.8 Å². The molecule has 0 fully saturated rings. The van der Waals surface area contributed by atoms with Crippen molar-refractivity contribution in [2.24, 2.45) is 0 Å². The molecule has 0 saturated carbocycles. The zero-order valence-corrected chi connectivity index (χ0v) is 17.2. The molecular weight excluding hydrogens is 444 g/mol. The van der Waals surface area contributed by atoms with Crippen LogP contribution in [0.2, 0.25) is 0 Å². The first-order valence-corrected chi connectivity index (χ1v) is 10.5. The molecule has 6 nitrogen and oxygen atoms in total. The van der Waals surface area contributed by atoms with Crippen LogP contribution in [0.1, 0.15) is 10.4 Å². The molecular formula is C20H17BrN2O4S. The van der Waals surface area contributed by atoms with E-state index in [1.54, 1.807) is 54.6 Å². The van der Waals surface area contributed by atoms with E-state index in [1.807, 2.05) is 6.07 Å². The van der Waals surface area contributed by atoms with Gasteiger partial charge in [0.1, 0.15) is 10.6 Å². The number of hydrogen-bond donors (Lipinski definition) is 2. The molecule has 0 heterocycles. The maximum atomic E-state index is 12.8. The van der Waals surface area contributed by atoms with E-state index in [0.29, 0.717) is 21.6 Å². The Balaban J connectivity index is 1.86. The highest BCUT2D eigenvalue weighted by Crippen LogP contribution is 2.26. The third kappa shape index (κ3) is 4.71. The molecule has 3 aromatic carbocycles. The molecule has 1 amide bonds. The van der Waals surface area contributed by atoms with Crippen LogP contribution in [-0.4, -0.2) is 21.4 Å². The fraction of sp³-hybridized carbons (Fsp3) is 0.0500. The summed E-state index contributed by atoms with van der Waals surface area (Å²) in [5.41, 5.74) is 1.23. The van der Waals surface area contributed by atoms with Crippen LogP contribution in [0.3, 0.4) is 0 Å². The van der Waals surface area contributed by atoms with E-state index in [1.165, 1.54) is 19.2 Å². The zero-order valence-electron chi connectivity index (χ0n) is 14.8. The van der Waals surface area contributed by atoms with Gasteiger partial charge in [0, 0.05) is 21.4 Å². The van der Waals surface area contributed by atoms with Crippen molar-refractivity contribution < 1.29 is 17.9 Å². The van der Waals surface area contributed by atoms with Crippen molar-refractivity contribution in [2.75, 3.05) is 17.1 Å². The fourth-order valence-corrected chi connectivity index (χ4v) is 4.49. The summed E-state index contributed by atoms with van der Waals surface area (Å²) in [4.78, 5) is 12.4. The lowest BCUT2D eigenvalue weighted by Gasteiger charge is -2.12. The molecule has 3 aromatic rings. The van der Waals surface area contributed by atoms with Crippen molar-refractivity contribution >= 4 is 43.2 Å². The molecule has 0 aliphatic carbocycles. The minimum atomic E-state index is -3.91. The van der Waals surface area contributed by atoms with Gasteiger partial charge in [-0.25, -0.2) is 8.42 Å². The third-order valence-electron chi connectivity index (χ3n) is 3.86. The van der Waals surface area contributed by atoms with Gasteiger partial charge in [-0.3, -0.25) is 9.52 Å². The fourth-order valence-electron chi connectivity index (χ4n) is 2.44. The summed E-state index contributed by atoms with van der Waals surface area (Å²) < 4.78 is 33.5. The Morgan fingerprint density at radius 3 is 2.25 bits per heavy atom.